The van der Waals surface area contributed by atoms with Crippen LogP contribution in [0.25, 0.3) is 6.08 Å². The van der Waals surface area contributed by atoms with Gasteiger partial charge in [0.15, 0.2) is 0 Å². The molecule has 0 heterocycles. The average molecular weight is 248 g/mol. The summed E-state index contributed by atoms with van der Waals surface area (Å²) in [6, 6.07) is 7.08. The number of rotatable bonds is 4. The monoisotopic (exact) mass is 248 g/mol. The molecule has 0 saturated carbocycles. The van der Waals surface area contributed by atoms with Crippen molar-refractivity contribution in [2.45, 2.75) is 6.29 Å². The van der Waals surface area contributed by atoms with Gasteiger partial charge in [-0.3, -0.25) is 0 Å². The topological polar surface area (TPSA) is 66.8 Å². The highest BCUT2D eigenvalue weighted by molar-refractivity contribution is 5.81. The highest BCUT2D eigenvalue weighted by Gasteiger charge is 2.00. The molecule has 96 valence electrons. The average Bonchev–Trinajstić information content (AvgIpc) is 2.39. The molecule has 1 aromatic rings. The molecule has 0 saturated heterocycles. The first-order valence-corrected chi connectivity index (χ1v) is 5.09. The van der Waals surface area contributed by atoms with Gasteiger partial charge < -0.3 is 14.9 Å². The van der Waals surface area contributed by atoms with Crippen molar-refractivity contribution < 1.29 is 19.7 Å². The quantitative estimate of drug-likeness (QED) is 0.371. The van der Waals surface area contributed by atoms with Crippen LogP contribution < -0.4 is 0 Å². The van der Waals surface area contributed by atoms with E-state index in [-0.39, 0.29) is 5.75 Å². The number of carbonyl (C=O) groups is 1. The fourth-order valence-corrected chi connectivity index (χ4v) is 0.875. The first-order chi connectivity index (χ1) is 8.54. The molecular weight excluding hydrogens is 232 g/mol. The van der Waals surface area contributed by atoms with Gasteiger partial charge in [-0.05, 0) is 12.1 Å². The summed E-state index contributed by atoms with van der Waals surface area (Å²) in [5, 5.41) is 17.6. The van der Waals surface area contributed by atoms with Crippen molar-refractivity contribution in [3.8, 4) is 5.75 Å². The third-order valence-electron chi connectivity index (χ3n) is 1.76. The molecule has 2 N–H and O–H groups in total. The van der Waals surface area contributed by atoms with E-state index in [1.165, 1.54) is 0 Å². The summed E-state index contributed by atoms with van der Waals surface area (Å²) >= 11 is 0. The standard InChI is InChI=1S/C8H8O.C6H8O3/c1-2-7-5-3-4-6-8(7)9;1-3-5(7)9-6(8)4-2/h2-6,9H,1H2;3-5,7H,1-2H2. The third kappa shape index (κ3) is 6.30. The lowest BCUT2D eigenvalue weighted by atomic mass is 10.2. The van der Waals surface area contributed by atoms with Crippen LogP contribution >= 0.6 is 0 Å². The summed E-state index contributed by atoms with van der Waals surface area (Å²) in [6.07, 6.45) is 2.46. The van der Waals surface area contributed by atoms with Crippen molar-refractivity contribution >= 4 is 12.0 Å². The van der Waals surface area contributed by atoms with E-state index < -0.39 is 12.3 Å². The molecule has 0 fully saturated rings. The van der Waals surface area contributed by atoms with Gasteiger partial charge in [0.25, 0.3) is 0 Å². The number of hydrogen-bond acceptors (Lipinski definition) is 4. The van der Waals surface area contributed by atoms with Crippen molar-refractivity contribution in [2.75, 3.05) is 0 Å². The van der Waals surface area contributed by atoms with Gasteiger partial charge in [-0.2, -0.15) is 0 Å². The molecule has 0 aliphatic carbocycles. The van der Waals surface area contributed by atoms with E-state index in [2.05, 4.69) is 24.5 Å². The predicted octanol–water partition coefficient (Wildman–Crippen LogP) is 2.26. The Labute approximate surface area is 106 Å². The molecule has 4 heteroatoms. The lowest BCUT2D eigenvalue weighted by molar-refractivity contribution is -0.154. The van der Waals surface area contributed by atoms with Crippen LogP contribution in [0, 0.1) is 0 Å². The van der Waals surface area contributed by atoms with Gasteiger partial charge in [-0.1, -0.05) is 44.0 Å². The molecule has 0 bridgehead atoms. The number of ether oxygens (including phenoxy) is 1. The molecule has 18 heavy (non-hydrogen) atoms. The molecule has 1 unspecified atom stereocenters. The van der Waals surface area contributed by atoms with Crippen LogP contribution in [-0.4, -0.2) is 22.5 Å². The zero-order chi connectivity index (χ0) is 14.0. The van der Waals surface area contributed by atoms with Crippen molar-refractivity contribution in [1.82, 2.24) is 0 Å². The molecule has 0 aromatic heterocycles. The summed E-state index contributed by atoms with van der Waals surface area (Å²) in [7, 11) is 0. The Morgan fingerprint density at radius 3 is 2.28 bits per heavy atom. The first kappa shape index (κ1) is 15.7. The van der Waals surface area contributed by atoms with Crippen LogP contribution in [0.2, 0.25) is 0 Å². The van der Waals surface area contributed by atoms with Gasteiger partial charge in [0.1, 0.15) is 5.75 Å². The number of hydrogen-bond donors (Lipinski definition) is 2. The van der Waals surface area contributed by atoms with Crippen molar-refractivity contribution in [3.63, 3.8) is 0 Å². The van der Waals surface area contributed by atoms with Crippen molar-refractivity contribution in [2.24, 2.45) is 0 Å². The summed E-state index contributed by atoms with van der Waals surface area (Å²) < 4.78 is 4.23. The minimum atomic E-state index is -1.23. The zero-order valence-corrected chi connectivity index (χ0v) is 9.95. The molecule has 1 atom stereocenters. The fourth-order valence-electron chi connectivity index (χ4n) is 0.875. The molecule has 0 aliphatic heterocycles. The Bertz CT molecular complexity index is 424. The van der Waals surface area contributed by atoms with Crippen molar-refractivity contribution in [3.05, 3.63) is 61.7 Å². The second kappa shape index (κ2) is 8.78. The summed E-state index contributed by atoms with van der Waals surface area (Å²) in [5.41, 5.74) is 0.775. The minimum Gasteiger partial charge on any atom is -0.507 e. The predicted molar refractivity (Wildman–Crippen MR) is 70.7 cm³/mol. The normalized spacial score (nSPS) is 10.3. The van der Waals surface area contributed by atoms with Gasteiger partial charge in [0.2, 0.25) is 6.29 Å². The maximum Gasteiger partial charge on any atom is 0.332 e. The number of phenols is 1. The summed E-state index contributed by atoms with van der Waals surface area (Å²) in [6.45, 7) is 9.85. The molecular formula is C14H16O4. The van der Waals surface area contributed by atoms with Gasteiger partial charge in [0, 0.05) is 11.6 Å². The molecule has 1 aromatic carbocycles. The zero-order valence-electron chi connectivity index (χ0n) is 9.95. The Morgan fingerprint density at radius 1 is 1.28 bits per heavy atom. The third-order valence-corrected chi connectivity index (χ3v) is 1.76. The smallest absolute Gasteiger partial charge is 0.332 e. The summed E-state index contributed by atoms with van der Waals surface area (Å²) in [4.78, 5) is 10.2. The second-order valence-corrected chi connectivity index (χ2v) is 3.03. The van der Waals surface area contributed by atoms with Crippen LogP contribution in [0.1, 0.15) is 5.56 Å². The van der Waals surface area contributed by atoms with Gasteiger partial charge in [-0.25, -0.2) is 4.79 Å². The number of carbonyl (C=O) groups excluding carboxylic acids is 1. The molecule has 0 aliphatic rings. The van der Waals surface area contributed by atoms with E-state index in [9.17, 15) is 4.79 Å². The van der Waals surface area contributed by atoms with E-state index in [1.807, 2.05) is 12.1 Å². The number of esters is 1. The van der Waals surface area contributed by atoms with E-state index in [0.29, 0.717) is 0 Å². The minimum absolute atomic E-state index is 0.285. The molecule has 0 radical (unpaired) electrons. The molecule has 4 nitrogen and oxygen atoms in total. The maximum atomic E-state index is 10.2. The van der Waals surface area contributed by atoms with Crippen LogP contribution in [-0.2, 0) is 9.53 Å². The molecule has 0 spiro atoms. The summed E-state index contributed by atoms with van der Waals surface area (Å²) in [5.74, 6) is -0.380. The first-order valence-electron chi connectivity index (χ1n) is 5.09. The van der Waals surface area contributed by atoms with E-state index >= 15 is 0 Å². The van der Waals surface area contributed by atoms with Gasteiger partial charge in [-0.15, -0.1) is 0 Å². The maximum absolute atomic E-state index is 10.2. The van der Waals surface area contributed by atoms with E-state index in [4.69, 9.17) is 10.2 Å². The van der Waals surface area contributed by atoms with Crippen LogP contribution in [0.4, 0.5) is 0 Å². The number of benzene rings is 1. The van der Waals surface area contributed by atoms with E-state index in [1.54, 1.807) is 18.2 Å². The van der Waals surface area contributed by atoms with E-state index in [0.717, 1.165) is 17.7 Å². The highest BCUT2D eigenvalue weighted by Crippen LogP contribution is 2.15. The van der Waals surface area contributed by atoms with Gasteiger partial charge in [0.05, 0.1) is 0 Å². The number of aliphatic hydroxyl groups is 1. The fraction of sp³-hybridized carbons (Fsp3) is 0.0714. The number of para-hydroxylation sites is 1. The van der Waals surface area contributed by atoms with Crippen LogP contribution in [0.15, 0.2) is 56.2 Å². The Hall–Kier alpha value is -2.33. The second-order valence-electron chi connectivity index (χ2n) is 3.03. The van der Waals surface area contributed by atoms with Gasteiger partial charge >= 0.3 is 5.97 Å². The Morgan fingerprint density at radius 2 is 1.89 bits per heavy atom. The molecule has 0 amide bonds. The highest BCUT2D eigenvalue weighted by atomic mass is 16.6. The number of aliphatic hydroxyl groups excluding tert-OH is 1. The number of aromatic hydroxyl groups is 1. The Kier molecular flexibility index (Phi) is 7.64. The van der Waals surface area contributed by atoms with Crippen molar-refractivity contribution in [1.29, 1.82) is 0 Å². The molecule has 1 rings (SSSR count). The largest absolute Gasteiger partial charge is 0.507 e. The van der Waals surface area contributed by atoms with Crippen LogP contribution in [0.5, 0.6) is 5.75 Å². The Balaban J connectivity index is 0.000000321. The lowest BCUT2D eigenvalue weighted by Crippen LogP contribution is -2.12. The SMILES string of the molecule is C=CC(=O)OC(O)C=C.C=Cc1ccccc1O. The van der Waals surface area contributed by atoms with Crippen LogP contribution in [0.3, 0.4) is 0 Å². The lowest BCUT2D eigenvalue weighted by Gasteiger charge is -2.02. The number of phenolic OH excluding ortho intramolecular Hbond substituents is 1.